The predicted molar refractivity (Wildman–Crippen MR) is 155 cm³/mol. The summed E-state index contributed by atoms with van der Waals surface area (Å²) in [5, 5.41) is 11.6. The first-order valence-corrected chi connectivity index (χ1v) is 13.3. The maximum absolute atomic E-state index is 13.6. The fourth-order valence-corrected chi connectivity index (χ4v) is 4.91. The van der Waals surface area contributed by atoms with Crippen LogP contribution in [-0.4, -0.2) is 36.5 Å². The zero-order chi connectivity index (χ0) is 29.2. The smallest absolute Gasteiger partial charge is 0.338 e. The van der Waals surface area contributed by atoms with Crippen molar-refractivity contribution in [1.29, 1.82) is 0 Å². The number of methoxy groups -OCH3 is 1. The largest absolute Gasteiger partial charge is 0.507 e. The molecule has 1 aliphatic rings. The Hall–Kier alpha value is -4.39. The zero-order valence-electron chi connectivity index (χ0n) is 23.8. The number of aryl methyl sites for hydroxylation is 1. The number of ketones is 1. The Morgan fingerprint density at radius 3 is 2.35 bits per heavy atom. The number of nitrogens with zero attached hydrogens (tertiary/aromatic N) is 1. The van der Waals surface area contributed by atoms with Crippen LogP contribution in [0.1, 0.15) is 72.8 Å². The molecule has 0 aromatic heterocycles. The molecule has 3 aromatic carbocycles. The summed E-state index contributed by atoms with van der Waals surface area (Å²) in [4.78, 5) is 41.1. The highest BCUT2D eigenvalue weighted by Gasteiger charge is 2.47. The molecule has 1 fully saturated rings. The number of carbonyl (C=O) groups excluding carboxylic acids is 3. The molecule has 0 saturated carbocycles. The Kier molecular flexibility index (Phi) is 8.14. The fourth-order valence-electron chi connectivity index (χ4n) is 4.91. The van der Waals surface area contributed by atoms with Gasteiger partial charge in [0.2, 0.25) is 0 Å². The average Bonchev–Trinajstić information content (AvgIpc) is 3.20. The van der Waals surface area contributed by atoms with Gasteiger partial charge in [-0.2, -0.15) is 0 Å². The number of hydrogen-bond donors (Lipinski definition) is 1. The first-order valence-electron chi connectivity index (χ1n) is 13.3. The Balaban J connectivity index is 1.92. The Morgan fingerprint density at radius 1 is 0.975 bits per heavy atom. The van der Waals surface area contributed by atoms with E-state index >= 15 is 0 Å². The predicted octanol–water partition coefficient (Wildman–Crippen LogP) is 6.49. The van der Waals surface area contributed by atoms with Crippen molar-refractivity contribution in [3.05, 3.63) is 100 Å². The molecule has 4 rings (SSSR count). The van der Waals surface area contributed by atoms with Gasteiger partial charge in [-0.1, -0.05) is 63.6 Å². The summed E-state index contributed by atoms with van der Waals surface area (Å²) < 4.78 is 10.8. The van der Waals surface area contributed by atoms with Crippen LogP contribution in [0.25, 0.3) is 5.76 Å². The molecule has 0 radical (unpaired) electrons. The highest BCUT2D eigenvalue weighted by molar-refractivity contribution is 6.51. The van der Waals surface area contributed by atoms with E-state index in [0.717, 1.165) is 11.1 Å². The quantitative estimate of drug-likeness (QED) is 0.159. The minimum absolute atomic E-state index is 0.0282. The topological polar surface area (TPSA) is 93.1 Å². The molecule has 1 atom stereocenters. The SMILES string of the molecule is CCCOC(=O)c1cccc(N2C(=O)C(=O)/C(=C(\O)c3ccc(OC)c(C(C)(C)C)c3)C2c2cccc(C)c2)c1. The van der Waals surface area contributed by atoms with E-state index in [4.69, 9.17) is 9.47 Å². The molecule has 1 unspecified atom stereocenters. The maximum atomic E-state index is 13.6. The van der Waals surface area contributed by atoms with Crippen molar-refractivity contribution in [1.82, 2.24) is 0 Å². The van der Waals surface area contributed by atoms with Gasteiger partial charge < -0.3 is 14.6 Å². The standard InChI is InChI=1S/C33H35NO6/c1-7-16-40-32(38)23-12-9-13-24(18-23)34-28(21-11-8-10-20(2)17-21)27(30(36)31(34)37)29(35)22-14-15-26(39-6)25(19-22)33(3,4)5/h8-15,17-19,28,35H,7,16H2,1-6H3/b29-27-. The number of esters is 1. The van der Waals surface area contributed by atoms with Crippen LogP contribution in [0, 0.1) is 6.92 Å². The van der Waals surface area contributed by atoms with Crippen molar-refractivity contribution in [3.8, 4) is 5.75 Å². The van der Waals surface area contributed by atoms with E-state index in [1.165, 1.54) is 11.0 Å². The van der Waals surface area contributed by atoms with Gasteiger partial charge >= 0.3 is 5.97 Å². The van der Waals surface area contributed by atoms with Crippen LogP contribution in [0.2, 0.25) is 0 Å². The molecule has 7 nitrogen and oxygen atoms in total. The van der Waals surface area contributed by atoms with E-state index < -0.39 is 23.7 Å². The lowest BCUT2D eigenvalue weighted by atomic mass is 9.84. The Bertz CT molecular complexity index is 1500. The van der Waals surface area contributed by atoms with Gasteiger partial charge in [0, 0.05) is 16.8 Å². The minimum atomic E-state index is -0.915. The molecule has 208 valence electrons. The van der Waals surface area contributed by atoms with Gasteiger partial charge in [0.25, 0.3) is 11.7 Å². The molecule has 40 heavy (non-hydrogen) atoms. The molecule has 1 amide bonds. The lowest BCUT2D eigenvalue weighted by molar-refractivity contribution is -0.132. The number of aliphatic hydroxyl groups is 1. The number of aliphatic hydroxyl groups excluding tert-OH is 1. The first-order chi connectivity index (χ1) is 19.0. The summed E-state index contributed by atoms with van der Waals surface area (Å²) in [6, 6.07) is 18.2. The van der Waals surface area contributed by atoms with Crippen molar-refractivity contribution in [2.24, 2.45) is 0 Å². The number of amides is 1. The van der Waals surface area contributed by atoms with Gasteiger partial charge in [-0.3, -0.25) is 14.5 Å². The molecule has 7 heteroatoms. The number of hydrogen-bond acceptors (Lipinski definition) is 6. The number of anilines is 1. The van der Waals surface area contributed by atoms with Crippen LogP contribution in [0.5, 0.6) is 5.75 Å². The summed E-state index contributed by atoms with van der Waals surface area (Å²) in [5.41, 5.74) is 3.11. The Labute approximate surface area is 235 Å². The molecular weight excluding hydrogens is 506 g/mol. The van der Waals surface area contributed by atoms with Crippen molar-refractivity contribution in [2.45, 2.75) is 52.5 Å². The van der Waals surface area contributed by atoms with Gasteiger partial charge in [-0.05, 0) is 60.7 Å². The molecule has 1 N–H and O–H groups in total. The summed E-state index contributed by atoms with van der Waals surface area (Å²) >= 11 is 0. The third-order valence-electron chi connectivity index (χ3n) is 6.88. The number of carbonyl (C=O) groups is 3. The van der Waals surface area contributed by atoms with Crippen LogP contribution in [-0.2, 0) is 19.7 Å². The highest BCUT2D eigenvalue weighted by Crippen LogP contribution is 2.43. The summed E-state index contributed by atoms with van der Waals surface area (Å²) in [5.74, 6) is -1.74. The van der Waals surface area contributed by atoms with Crippen LogP contribution in [0.4, 0.5) is 5.69 Å². The van der Waals surface area contributed by atoms with Crippen molar-refractivity contribution < 1.29 is 29.0 Å². The average molecular weight is 542 g/mol. The Morgan fingerprint density at radius 2 is 1.70 bits per heavy atom. The maximum Gasteiger partial charge on any atom is 0.338 e. The van der Waals surface area contributed by atoms with E-state index in [2.05, 4.69) is 0 Å². The van der Waals surface area contributed by atoms with Crippen LogP contribution >= 0.6 is 0 Å². The van der Waals surface area contributed by atoms with Crippen molar-refractivity contribution in [3.63, 3.8) is 0 Å². The monoisotopic (exact) mass is 541 g/mol. The van der Waals surface area contributed by atoms with E-state index in [1.54, 1.807) is 43.5 Å². The summed E-state index contributed by atoms with van der Waals surface area (Å²) in [7, 11) is 1.58. The van der Waals surface area contributed by atoms with Gasteiger partial charge in [-0.25, -0.2) is 4.79 Å². The summed E-state index contributed by atoms with van der Waals surface area (Å²) in [6.45, 7) is 10.2. The van der Waals surface area contributed by atoms with Crippen molar-refractivity contribution in [2.75, 3.05) is 18.6 Å². The lowest BCUT2D eigenvalue weighted by Crippen LogP contribution is -2.29. The molecule has 1 aliphatic heterocycles. The molecule has 1 heterocycles. The van der Waals surface area contributed by atoms with E-state index in [9.17, 15) is 19.5 Å². The lowest BCUT2D eigenvalue weighted by Gasteiger charge is -2.26. The van der Waals surface area contributed by atoms with E-state index in [1.807, 2.05) is 58.9 Å². The first kappa shape index (κ1) is 28.6. The fraction of sp³-hybridized carbons (Fsp3) is 0.303. The van der Waals surface area contributed by atoms with Gasteiger partial charge in [0.1, 0.15) is 11.5 Å². The molecule has 0 spiro atoms. The van der Waals surface area contributed by atoms with E-state index in [-0.39, 0.29) is 28.9 Å². The number of Topliss-reactive ketones (excluding diaryl/α,β-unsaturated/α-hetero) is 1. The molecule has 0 bridgehead atoms. The van der Waals surface area contributed by atoms with Crippen LogP contribution in [0.3, 0.4) is 0 Å². The normalized spacial score (nSPS) is 16.8. The van der Waals surface area contributed by atoms with Gasteiger partial charge in [-0.15, -0.1) is 0 Å². The molecular formula is C33H35NO6. The second-order valence-electron chi connectivity index (χ2n) is 10.9. The highest BCUT2D eigenvalue weighted by atomic mass is 16.5. The number of ether oxygens (including phenoxy) is 2. The summed E-state index contributed by atoms with van der Waals surface area (Å²) in [6.07, 6.45) is 0.676. The van der Waals surface area contributed by atoms with E-state index in [0.29, 0.717) is 29.0 Å². The van der Waals surface area contributed by atoms with Crippen LogP contribution in [0.15, 0.2) is 72.3 Å². The second-order valence-corrected chi connectivity index (χ2v) is 10.9. The van der Waals surface area contributed by atoms with Gasteiger partial charge in [0.05, 0.1) is 30.9 Å². The third kappa shape index (κ3) is 5.50. The zero-order valence-corrected chi connectivity index (χ0v) is 23.8. The molecule has 1 saturated heterocycles. The van der Waals surface area contributed by atoms with Gasteiger partial charge in [0.15, 0.2) is 0 Å². The molecule has 0 aliphatic carbocycles. The van der Waals surface area contributed by atoms with Crippen LogP contribution < -0.4 is 9.64 Å². The third-order valence-corrected chi connectivity index (χ3v) is 6.88. The molecule has 3 aromatic rings. The minimum Gasteiger partial charge on any atom is -0.507 e. The second kappa shape index (κ2) is 11.4. The van der Waals surface area contributed by atoms with Crippen molar-refractivity contribution >= 4 is 29.1 Å². The number of rotatable bonds is 7. The number of benzene rings is 3.